The van der Waals surface area contributed by atoms with Gasteiger partial charge in [-0.25, -0.2) is 0 Å². The zero-order valence-corrected chi connectivity index (χ0v) is 12.3. The average molecular weight is 269 g/mol. The summed E-state index contributed by atoms with van der Waals surface area (Å²) < 4.78 is 5.37. The second kappa shape index (κ2) is 7.67. The summed E-state index contributed by atoms with van der Waals surface area (Å²) >= 11 is 1.68. The maximum atomic E-state index is 9.30. The topological polar surface area (TPSA) is 41.5 Å². The summed E-state index contributed by atoms with van der Waals surface area (Å²) in [5.41, 5.74) is 1.14. The molecule has 0 aliphatic heterocycles. The van der Waals surface area contributed by atoms with Crippen LogP contribution < -0.4 is 10.1 Å². The van der Waals surface area contributed by atoms with Crippen LogP contribution in [0.15, 0.2) is 24.3 Å². The van der Waals surface area contributed by atoms with Gasteiger partial charge in [-0.2, -0.15) is 11.8 Å². The van der Waals surface area contributed by atoms with Crippen molar-refractivity contribution < 1.29 is 9.84 Å². The number of ether oxygens (including phenoxy) is 1. The molecule has 0 heterocycles. The lowest BCUT2D eigenvalue weighted by Gasteiger charge is -2.26. The molecule has 3 nitrogen and oxygen atoms in total. The predicted molar refractivity (Wildman–Crippen MR) is 78.4 cm³/mol. The van der Waals surface area contributed by atoms with E-state index in [9.17, 15) is 5.11 Å². The minimum Gasteiger partial charge on any atom is -0.496 e. The molecule has 0 fully saturated rings. The van der Waals surface area contributed by atoms with Gasteiger partial charge in [-0.15, -0.1) is 0 Å². The lowest BCUT2D eigenvalue weighted by molar-refractivity contribution is 0.271. The van der Waals surface area contributed by atoms with E-state index >= 15 is 0 Å². The first kappa shape index (κ1) is 15.3. The van der Waals surface area contributed by atoms with Crippen molar-refractivity contribution in [3.63, 3.8) is 0 Å². The number of methoxy groups -OCH3 is 1. The molecule has 0 saturated carbocycles. The maximum Gasteiger partial charge on any atom is 0.123 e. The lowest BCUT2D eigenvalue weighted by atomic mass is 10.1. The number of aliphatic hydroxyl groups excluding tert-OH is 1. The molecular weight excluding hydrogens is 246 g/mol. The van der Waals surface area contributed by atoms with Gasteiger partial charge < -0.3 is 15.2 Å². The fourth-order valence-electron chi connectivity index (χ4n) is 2.05. The molecule has 0 aliphatic carbocycles. The third-order valence-electron chi connectivity index (χ3n) is 3.16. The Kier molecular flexibility index (Phi) is 6.54. The fraction of sp³-hybridized carbons (Fsp3) is 0.571. The van der Waals surface area contributed by atoms with Crippen LogP contribution in [0.5, 0.6) is 5.75 Å². The number of thioether (sulfide) groups is 1. The van der Waals surface area contributed by atoms with E-state index in [1.165, 1.54) is 0 Å². The molecule has 1 aromatic carbocycles. The highest BCUT2D eigenvalue weighted by Crippen LogP contribution is 2.25. The summed E-state index contributed by atoms with van der Waals surface area (Å²) in [6.45, 7) is 4.40. The molecule has 3 unspecified atom stereocenters. The van der Waals surface area contributed by atoms with Crippen LogP contribution in [-0.4, -0.2) is 36.4 Å². The fourth-order valence-corrected chi connectivity index (χ4v) is 2.69. The SMILES string of the molecule is COc1ccccc1C(C)NC(C)C(CO)SC. The molecule has 18 heavy (non-hydrogen) atoms. The Morgan fingerprint density at radius 2 is 2.00 bits per heavy atom. The highest BCUT2D eigenvalue weighted by Gasteiger charge is 2.19. The van der Waals surface area contributed by atoms with Gasteiger partial charge in [-0.05, 0) is 26.2 Å². The van der Waals surface area contributed by atoms with Crippen LogP contribution in [0.1, 0.15) is 25.5 Å². The Labute approximate surface area is 114 Å². The molecule has 3 atom stereocenters. The smallest absolute Gasteiger partial charge is 0.123 e. The molecule has 0 saturated heterocycles. The second-order valence-electron chi connectivity index (χ2n) is 4.38. The van der Waals surface area contributed by atoms with Crippen molar-refractivity contribution in [1.29, 1.82) is 0 Å². The van der Waals surface area contributed by atoms with E-state index in [4.69, 9.17) is 4.74 Å². The van der Waals surface area contributed by atoms with Gasteiger partial charge in [-0.3, -0.25) is 0 Å². The van der Waals surface area contributed by atoms with Crippen LogP contribution in [0.3, 0.4) is 0 Å². The molecule has 2 N–H and O–H groups in total. The monoisotopic (exact) mass is 269 g/mol. The third-order valence-corrected chi connectivity index (χ3v) is 4.32. The molecule has 4 heteroatoms. The summed E-state index contributed by atoms with van der Waals surface area (Å²) in [4.78, 5) is 0. The summed E-state index contributed by atoms with van der Waals surface area (Å²) in [6.07, 6.45) is 2.02. The van der Waals surface area contributed by atoms with E-state index in [0.29, 0.717) is 0 Å². The zero-order valence-electron chi connectivity index (χ0n) is 11.5. The Balaban J connectivity index is 2.72. The summed E-state index contributed by atoms with van der Waals surface area (Å²) in [7, 11) is 1.69. The van der Waals surface area contributed by atoms with Crippen LogP contribution in [0.2, 0.25) is 0 Å². The summed E-state index contributed by atoms with van der Waals surface area (Å²) in [5, 5.41) is 13.0. The highest BCUT2D eigenvalue weighted by molar-refractivity contribution is 7.99. The molecule has 0 radical (unpaired) electrons. The lowest BCUT2D eigenvalue weighted by Crippen LogP contribution is -2.39. The maximum absolute atomic E-state index is 9.30. The van der Waals surface area contributed by atoms with Crippen molar-refractivity contribution in [2.75, 3.05) is 20.0 Å². The van der Waals surface area contributed by atoms with Crippen molar-refractivity contribution >= 4 is 11.8 Å². The van der Waals surface area contributed by atoms with Gasteiger partial charge in [0.05, 0.1) is 13.7 Å². The van der Waals surface area contributed by atoms with E-state index in [2.05, 4.69) is 25.2 Å². The predicted octanol–water partition coefficient (Wildman–Crippen LogP) is 2.46. The van der Waals surface area contributed by atoms with Crippen LogP contribution in [-0.2, 0) is 0 Å². The van der Waals surface area contributed by atoms with Gasteiger partial charge in [-0.1, -0.05) is 18.2 Å². The first-order chi connectivity index (χ1) is 8.63. The highest BCUT2D eigenvalue weighted by atomic mass is 32.2. The first-order valence-electron chi connectivity index (χ1n) is 6.16. The van der Waals surface area contributed by atoms with Crippen molar-refractivity contribution in [1.82, 2.24) is 5.32 Å². The first-order valence-corrected chi connectivity index (χ1v) is 7.45. The molecule has 0 aromatic heterocycles. The van der Waals surface area contributed by atoms with Crippen LogP contribution in [0.25, 0.3) is 0 Å². The molecule has 0 aliphatic rings. The third kappa shape index (κ3) is 3.90. The Bertz CT molecular complexity index is 355. The standard InChI is InChI=1S/C14H23NO2S/c1-10(15-11(2)14(9-16)18-4)12-7-5-6-8-13(12)17-3/h5-8,10-11,14-16H,9H2,1-4H3. The van der Waals surface area contributed by atoms with E-state index in [1.54, 1.807) is 18.9 Å². The molecule has 1 aromatic rings. The quantitative estimate of drug-likeness (QED) is 0.798. The number of para-hydroxylation sites is 1. The normalized spacial score (nSPS) is 16.1. The van der Waals surface area contributed by atoms with Gasteiger partial charge in [0.1, 0.15) is 5.75 Å². The van der Waals surface area contributed by atoms with E-state index in [0.717, 1.165) is 11.3 Å². The summed E-state index contributed by atoms with van der Waals surface area (Å²) in [6, 6.07) is 8.45. The Hall–Kier alpha value is -0.710. The number of nitrogens with one attached hydrogen (secondary N) is 1. The Morgan fingerprint density at radius 3 is 2.56 bits per heavy atom. The Morgan fingerprint density at radius 1 is 1.33 bits per heavy atom. The number of hydrogen-bond acceptors (Lipinski definition) is 4. The number of benzene rings is 1. The average Bonchev–Trinajstić information content (AvgIpc) is 2.40. The van der Waals surface area contributed by atoms with Crippen LogP contribution in [0, 0.1) is 0 Å². The number of aliphatic hydroxyl groups is 1. The van der Waals surface area contributed by atoms with E-state index < -0.39 is 0 Å². The molecule has 1 rings (SSSR count). The van der Waals surface area contributed by atoms with Gasteiger partial charge >= 0.3 is 0 Å². The van der Waals surface area contributed by atoms with Crippen LogP contribution in [0.4, 0.5) is 0 Å². The van der Waals surface area contributed by atoms with Gasteiger partial charge in [0.15, 0.2) is 0 Å². The molecule has 0 bridgehead atoms. The van der Waals surface area contributed by atoms with Crippen molar-refractivity contribution in [3.8, 4) is 5.75 Å². The summed E-state index contributed by atoms with van der Waals surface area (Å²) in [5.74, 6) is 0.898. The minimum absolute atomic E-state index is 0.188. The number of hydrogen-bond donors (Lipinski definition) is 2. The second-order valence-corrected chi connectivity index (χ2v) is 5.45. The molecule has 0 spiro atoms. The van der Waals surface area contributed by atoms with Crippen LogP contribution >= 0.6 is 11.8 Å². The molecule has 0 amide bonds. The van der Waals surface area contributed by atoms with E-state index in [1.807, 2.05) is 24.5 Å². The van der Waals surface area contributed by atoms with Gasteiger partial charge in [0, 0.05) is 22.9 Å². The largest absolute Gasteiger partial charge is 0.496 e. The van der Waals surface area contributed by atoms with E-state index in [-0.39, 0.29) is 23.9 Å². The van der Waals surface area contributed by atoms with Crippen molar-refractivity contribution in [3.05, 3.63) is 29.8 Å². The van der Waals surface area contributed by atoms with Gasteiger partial charge in [0.25, 0.3) is 0 Å². The van der Waals surface area contributed by atoms with Crippen molar-refractivity contribution in [2.24, 2.45) is 0 Å². The molecular formula is C14H23NO2S. The van der Waals surface area contributed by atoms with Gasteiger partial charge in [0.2, 0.25) is 0 Å². The van der Waals surface area contributed by atoms with Crippen molar-refractivity contribution in [2.45, 2.75) is 31.2 Å². The number of rotatable bonds is 7. The molecule has 102 valence electrons. The minimum atomic E-state index is 0.188. The zero-order chi connectivity index (χ0) is 13.5.